The molecule has 0 radical (unpaired) electrons. The zero-order valence-electron chi connectivity index (χ0n) is 10.3. The lowest BCUT2D eigenvalue weighted by Gasteiger charge is -2.18. The number of benzene rings is 1. The summed E-state index contributed by atoms with van der Waals surface area (Å²) in [5.74, 6) is -0.176. The molecule has 0 aliphatic rings. The third kappa shape index (κ3) is 3.19. The van der Waals surface area contributed by atoms with Crippen LogP contribution in [0.25, 0.3) is 0 Å². The first-order valence-electron chi connectivity index (χ1n) is 5.77. The standard InChI is InChI=1S/C14H15BrFNS/c1-9-7-10(16)3-5-12(9)13(17-2)8-11-4-6-14(15)18-11/h3-7,13,17H,8H2,1-2H3. The van der Waals surface area contributed by atoms with Gasteiger partial charge in [0.1, 0.15) is 5.82 Å². The molecule has 1 heterocycles. The lowest BCUT2D eigenvalue weighted by atomic mass is 9.98. The van der Waals surface area contributed by atoms with Gasteiger partial charge in [0.05, 0.1) is 3.79 Å². The van der Waals surface area contributed by atoms with E-state index in [0.717, 1.165) is 21.3 Å². The number of hydrogen-bond donors (Lipinski definition) is 1. The van der Waals surface area contributed by atoms with Crippen molar-refractivity contribution in [1.82, 2.24) is 5.32 Å². The summed E-state index contributed by atoms with van der Waals surface area (Å²) in [7, 11) is 1.94. The van der Waals surface area contributed by atoms with Crippen molar-refractivity contribution >= 4 is 27.3 Å². The normalized spacial score (nSPS) is 12.7. The second kappa shape index (κ2) is 5.95. The molecule has 0 aliphatic carbocycles. The van der Waals surface area contributed by atoms with Gasteiger partial charge in [0, 0.05) is 17.3 Å². The maximum absolute atomic E-state index is 13.1. The number of thiophene rings is 1. The van der Waals surface area contributed by atoms with Crippen LogP contribution in [0.5, 0.6) is 0 Å². The zero-order valence-corrected chi connectivity index (χ0v) is 12.7. The average Bonchev–Trinajstić information content (AvgIpc) is 2.72. The summed E-state index contributed by atoms with van der Waals surface area (Å²) in [6.07, 6.45) is 0.916. The maximum Gasteiger partial charge on any atom is 0.123 e. The largest absolute Gasteiger partial charge is 0.313 e. The van der Waals surface area contributed by atoms with Crippen molar-refractivity contribution in [2.24, 2.45) is 0 Å². The lowest BCUT2D eigenvalue weighted by Crippen LogP contribution is -2.19. The van der Waals surface area contributed by atoms with E-state index in [1.54, 1.807) is 17.4 Å². The van der Waals surface area contributed by atoms with Crippen LogP contribution in [0.3, 0.4) is 0 Å². The third-order valence-electron chi connectivity index (χ3n) is 2.99. The summed E-state index contributed by atoms with van der Waals surface area (Å²) in [6, 6.07) is 9.38. The van der Waals surface area contributed by atoms with Crippen LogP contribution in [-0.4, -0.2) is 7.05 Å². The van der Waals surface area contributed by atoms with Gasteiger partial charge < -0.3 is 5.32 Å². The minimum absolute atomic E-state index is 0.176. The molecule has 18 heavy (non-hydrogen) atoms. The summed E-state index contributed by atoms with van der Waals surface area (Å²) in [5, 5.41) is 3.31. The number of hydrogen-bond acceptors (Lipinski definition) is 2. The van der Waals surface area contributed by atoms with Crippen LogP contribution in [0.1, 0.15) is 22.0 Å². The Morgan fingerprint density at radius 3 is 2.67 bits per heavy atom. The second-order valence-corrected chi connectivity index (χ2v) is 6.80. The van der Waals surface area contributed by atoms with E-state index in [0.29, 0.717) is 0 Å². The highest BCUT2D eigenvalue weighted by Gasteiger charge is 2.14. The Labute approximate surface area is 119 Å². The van der Waals surface area contributed by atoms with Gasteiger partial charge in [0.15, 0.2) is 0 Å². The molecule has 1 atom stereocenters. The fraction of sp³-hybridized carbons (Fsp3) is 0.286. The van der Waals surface area contributed by atoms with Crippen molar-refractivity contribution in [3.05, 3.63) is 55.9 Å². The lowest BCUT2D eigenvalue weighted by molar-refractivity contribution is 0.585. The number of halogens is 2. The van der Waals surface area contributed by atoms with Gasteiger partial charge in [-0.25, -0.2) is 4.39 Å². The first-order valence-corrected chi connectivity index (χ1v) is 7.38. The van der Waals surface area contributed by atoms with Crippen molar-refractivity contribution in [3.8, 4) is 0 Å². The molecule has 0 saturated heterocycles. The van der Waals surface area contributed by atoms with E-state index in [2.05, 4.69) is 33.4 Å². The summed E-state index contributed by atoms with van der Waals surface area (Å²) >= 11 is 5.21. The SMILES string of the molecule is CNC(Cc1ccc(Br)s1)c1ccc(F)cc1C. The summed E-state index contributed by atoms with van der Waals surface area (Å²) < 4.78 is 14.3. The summed E-state index contributed by atoms with van der Waals surface area (Å²) in [4.78, 5) is 1.31. The van der Waals surface area contributed by atoms with E-state index in [4.69, 9.17) is 0 Å². The van der Waals surface area contributed by atoms with Gasteiger partial charge in [-0.05, 0) is 65.3 Å². The van der Waals surface area contributed by atoms with Gasteiger partial charge in [-0.3, -0.25) is 0 Å². The van der Waals surface area contributed by atoms with Crippen molar-refractivity contribution in [3.63, 3.8) is 0 Å². The quantitative estimate of drug-likeness (QED) is 0.874. The monoisotopic (exact) mass is 327 g/mol. The number of rotatable bonds is 4. The van der Waals surface area contributed by atoms with Gasteiger partial charge >= 0.3 is 0 Å². The zero-order chi connectivity index (χ0) is 13.1. The van der Waals surface area contributed by atoms with Gasteiger partial charge in [-0.1, -0.05) is 6.07 Å². The molecule has 96 valence electrons. The highest BCUT2D eigenvalue weighted by Crippen LogP contribution is 2.28. The van der Waals surface area contributed by atoms with E-state index >= 15 is 0 Å². The van der Waals surface area contributed by atoms with Crippen LogP contribution in [0.2, 0.25) is 0 Å². The first-order chi connectivity index (χ1) is 8.60. The van der Waals surface area contributed by atoms with Gasteiger partial charge in [-0.15, -0.1) is 11.3 Å². The molecule has 1 aromatic carbocycles. The predicted octanol–water partition coefficient (Wildman–Crippen LogP) is 4.46. The molecule has 1 unspecified atom stereocenters. The molecule has 1 aromatic heterocycles. The van der Waals surface area contributed by atoms with E-state index in [-0.39, 0.29) is 11.9 Å². The van der Waals surface area contributed by atoms with E-state index in [9.17, 15) is 4.39 Å². The number of aryl methyl sites for hydroxylation is 1. The van der Waals surface area contributed by atoms with E-state index in [1.165, 1.54) is 10.9 Å². The van der Waals surface area contributed by atoms with Crippen molar-refractivity contribution in [1.29, 1.82) is 0 Å². The van der Waals surface area contributed by atoms with Crippen molar-refractivity contribution in [2.75, 3.05) is 7.05 Å². The highest BCUT2D eigenvalue weighted by atomic mass is 79.9. The molecule has 0 spiro atoms. The number of likely N-dealkylation sites (N-methyl/N-ethyl adjacent to an activating group) is 1. The van der Waals surface area contributed by atoms with E-state index in [1.807, 2.05) is 20.0 Å². The molecule has 0 amide bonds. The molecule has 2 rings (SSSR count). The molecule has 2 aromatic rings. The molecular weight excluding hydrogens is 313 g/mol. The van der Waals surface area contributed by atoms with Crippen molar-refractivity contribution < 1.29 is 4.39 Å². The van der Waals surface area contributed by atoms with Crippen LogP contribution in [0.4, 0.5) is 4.39 Å². The second-order valence-electron chi connectivity index (χ2n) is 4.25. The molecule has 4 heteroatoms. The van der Waals surface area contributed by atoms with Crippen LogP contribution in [0.15, 0.2) is 34.1 Å². The van der Waals surface area contributed by atoms with Gasteiger partial charge in [0.2, 0.25) is 0 Å². The van der Waals surface area contributed by atoms with Crippen LogP contribution in [-0.2, 0) is 6.42 Å². The van der Waals surface area contributed by atoms with Gasteiger partial charge in [-0.2, -0.15) is 0 Å². The molecule has 0 saturated carbocycles. The molecule has 1 N–H and O–H groups in total. The maximum atomic E-state index is 13.1. The number of nitrogens with one attached hydrogen (secondary N) is 1. The molecule has 0 bridgehead atoms. The Hall–Kier alpha value is -0.710. The fourth-order valence-electron chi connectivity index (χ4n) is 2.06. The Bertz CT molecular complexity index is 538. The molecule has 0 fully saturated rings. The predicted molar refractivity (Wildman–Crippen MR) is 78.7 cm³/mol. The summed E-state index contributed by atoms with van der Waals surface area (Å²) in [6.45, 7) is 1.95. The molecule has 0 aliphatic heterocycles. The van der Waals surface area contributed by atoms with Crippen LogP contribution in [0, 0.1) is 12.7 Å². The minimum Gasteiger partial charge on any atom is -0.313 e. The average molecular weight is 328 g/mol. The summed E-state index contributed by atoms with van der Waals surface area (Å²) in [5.41, 5.74) is 2.15. The Balaban J connectivity index is 2.22. The Morgan fingerprint density at radius 2 is 2.11 bits per heavy atom. The Kier molecular flexibility index (Phi) is 4.54. The van der Waals surface area contributed by atoms with Gasteiger partial charge in [0.25, 0.3) is 0 Å². The smallest absolute Gasteiger partial charge is 0.123 e. The minimum atomic E-state index is -0.176. The van der Waals surface area contributed by atoms with E-state index < -0.39 is 0 Å². The van der Waals surface area contributed by atoms with Crippen molar-refractivity contribution in [2.45, 2.75) is 19.4 Å². The topological polar surface area (TPSA) is 12.0 Å². The molecule has 1 nitrogen and oxygen atoms in total. The first kappa shape index (κ1) is 13.7. The van der Waals surface area contributed by atoms with Crippen LogP contribution < -0.4 is 5.32 Å². The Morgan fingerprint density at radius 1 is 1.33 bits per heavy atom. The van der Waals surface area contributed by atoms with Crippen LogP contribution >= 0.6 is 27.3 Å². The molecular formula is C14H15BrFNS. The third-order valence-corrected chi connectivity index (χ3v) is 4.64. The fourth-order valence-corrected chi connectivity index (χ4v) is 3.59. The highest BCUT2D eigenvalue weighted by molar-refractivity contribution is 9.11.